The first kappa shape index (κ1) is 17.2. The lowest BCUT2D eigenvalue weighted by atomic mass is 9.97. The van der Waals surface area contributed by atoms with Gasteiger partial charge in [0.25, 0.3) is 5.91 Å². The van der Waals surface area contributed by atoms with E-state index in [1.54, 1.807) is 12.1 Å². The quantitative estimate of drug-likeness (QED) is 0.811. The Morgan fingerprint density at radius 1 is 1.00 bits per heavy atom. The Bertz CT molecular complexity index is 459. The topological polar surface area (TPSA) is 58.2 Å². The molecule has 0 aliphatic heterocycles. The van der Waals surface area contributed by atoms with Crippen molar-refractivity contribution in [3.63, 3.8) is 0 Å². The molecule has 0 fully saturated rings. The molecule has 4 nitrogen and oxygen atoms in total. The molecule has 0 aliphatic rings. The third kappa shape index (κ3) is 5.21. The summed E-state index contributed by atoms with van der Waals surface area (Å²) in [5, 5.41) is 5.81. The summed E-state index contributed by atoms with van der Waals surface area (Å²) in [6.45, 7) is 7.98. The summed E-state index contributed by atoms with van der Waals surface area (Å²) < 4.78 is 0. The largest absolute Gasteiger partial charge is 0.352 e. The van der Waals surface area contributed by atoms with Gasteiger partial charge in [-0.2, -0.15) is 0 Å². The lowest BCUT2D eigenvalue weighted by molar-refractivity contribution is -0.124. The van der Waals surface area contributed by atoms with E-state index in [9.17, 15) is 9.59 Å². The minimum Gasteiger partial charge on any atom is -0.352 e. The van der Waals surface area contributed by atoms with Crippen molar-refractivity contribution in [3.05, 3.63) is 35.9 Å². The van der Waals surface area contributed by atoms with Gasteiger partial charge in [0, 0.05) is 11.6 Å². The molecule has 0 aromatic heterocycles. The van der Waals surface area contributed by atoms with Gasteiger partial charge < -0.3 is 10.6 Å². The molecule has 0 bridgehead atoms. The summed E-state index contributed by atoms with van der Waals surface area (Å²) >= 11 is 0. The van der Waals surface area contributed by atoms with Crippen LogP contribution in [0.1, 0.15) is 50.9 Å². The van der Waals surface area contributed by atoms with Crippen LogP contribution in [0.2, 0.25) is 0 Å². The van der Waals surface area contributed by atoms with E-state index in [1.165, 1.54) is 0 Å². The number of rotatable bonds is 7. The number of hydrogen-bond acceptors (Lipinski definition) is 2. The molecular formula is C17H26N2O2. The molecule has 0 saturated heterocycles. The van der Waals surface area contributed by atoms with Crippen molar-refractivity contribution in [2.24, 2.45) is 5.92 Å². The van der Waals surface area contributed by atoms with E-state index in [0.29, 0.717) is 5.56 Å². The zero-order valence-corrected chi connectivity index (χ0v) is 13.3. The summed E-state index contributed by atoms with van der Waals surface area (Å²) in [6, 6.07) is 8.58. The molecule has 1 aromatic carbocycles. The Kier molecular flexibility index (Phi) is 6.92. The number of benzene rings is 1. The maximum absolute atomic E-state index is 12.4. The van der Waals surface area contributed by atoms with Crippen LogP contribution in [-0.2, 0) is 4.79 Å². The van der Waals surface area contributed by atoms with E-state index in [2.05, 4.69) is 10.6 Å². The average Bonchev–Trinajstić information content (AvgIpc) is 2.52. The van der Waals surface area contributed by atoms with Gasteiger partial charge >= 0.3 is 0 Å². The van der Waals surface area contributed by atoms with Crippen LogP contribution < -0.4 is 10.6 Å². The lowest BCUT2D eigenvalue weighted by Crippen LogP contribution is -2.52. The van der Waals surface area contributed by atoms with Gasteiger partial charge in [0.15, 0.2) is 0 Å². The average molecular weight is 290 g/mol. The standard InChI is InChI=1S/C17H26N2O2/c1-5-12(3)15(17(21)18-13(4)6-2)19-16(20)14-10-8-7-9-11-14/h7-13,15H,5-6H2,1-4H3,(H,18,21)(H,19,20). The van der Waals surface area contributed by atoms with Crippen molar-refractivity contribution in [2.45, 2.75) is 52.6 Å². The fraction of sp³-hybridized carbons (Fsp3) is 0.529. The van der Waals surface area contributed by atoms with Crippen LogP contribution >= 0.6 is 0 Å². The first-order valence-corrected chi connectivity index (χ1v) is 7.65. The minimum atomic E-state index is -0.503. The molecule has 0 spiro atoms. The van der Waals surface area contributed by atoms with Crippen LogP contribution in [0.4, 0.5) is 0 Å². The normalized spacial score (nSPS) is 14.9. The molecule has 1 aromatic rings. The Balaban J connectivity index is 2.79. The third-order valence-corrected chi connectivity index (χ3v) is 3.82. The molecule has 116 valence electrons. The molecule has 2 N–H and O–H groups in total. The molecule has 2 amide bonds. The molecule has 1 rings (SSSR count). The van der Waals surface area contributed by atoms with E-state index >= 15 is 0 Å². The second kappa shape index (κ2) is 8.45. The minimum absolute atomic E-state index is 0.0849. The molecule has 0 saturated carbocycles. The first-order valence-electron chi connectivity index (χ1n) is 7.65. The van der Waals surface area contributed by atoms with Gasteiger partial charge in [-0.1, -0.05) is 45.4 Å². The van der Waals surface area contributed by atoms with E-state index in [-0.39, 0.29) is 23.8 Å². The van der Waals surface area contributed by atoms with Gasteiger partial charge in [0.05, 0.1) is 0 Å². The number of hydrogen-bond donors (Lipinski definition) is 2. The Morgan fingerprint density at radius 2 is 1.62 bits per heavy atom. The van der Waals surface area contributed by atoms with Crippen LogP contribution in [0.25, 0.3) is 0 Å². The van der Waals surface area contributed by atoms with Gasteiger partial charge in [0.1, 0.15) is 6.04 Å². The number of carbonyl (C=O) groups excluding carboxylic acids is 2. The fourth-order valence-corrected chi connectivity index (χ4v) is 1.95. The van der Waals surface area contributed by atoms with Crippen LogP contribution in [0.5, 0.6) is 0 Å². The monoisotopic (exact) mass is 290 g/mol. The molecule has 3 atom stereocenters. The number of nitrogens with one attached hydrogen (secondary N) is 2. The summed E-state index contributed by atoms with van der Waals surface area (Å²) in [4.78, 5) is 24.6. The zero-order chi connectivity index (χ0) is 15.8. The molecule has 4 heteroatoms. The maximum atomic E-state index is 12.4. The smallest absolute Gasteiger partial charge is 0.251 e. The molecular weight excluding hydrogens is 264 g/mol. The van der Waals surface area contributed by atoms with Gasteiger partial charge in [-0.3, -0.25) is 9.59 Å². The number of carbonyl (C=O) groups is 2. The second-order valence-corrected chi connectivity index (χ2v) is 5.52. The summed E-state index contributed by atoms with van der Waals surface area (Å²) in [5.41, 5.74) is 0.571. The first-order chi connectivity index (χ1) is 9.99. The van der Waals surface area contributed by atoms with Crippen molar-refractivity contribution in [2.75, 3.05) is 0 Å². The van der Waals surface area contributed by atoms with Gasteiger partial charge in [-0.25, -0.2) is 0 Å². The van der Waals surface area contributed by atoms with Crippen LogP contribution in [0.15, 0.2) is 30.3 Å². The second-order valence-electron chi connectivity index (χ2n) is 5.52. The Labute approximate surface area is 127 Å². The lowest BCUT2D eigenvalue weighted by Gasteiger charge is -2.25. The van der Waals surface area contributed by atoms with Gasteiger partial charge in [-0.15, -0.1) is 0 Å². The predicted molar refractivity (Wildman–Crippen MR) is 85.0 cm³/mol. The van der Waals surface area contributed by atoms with E-state index in [4.69, 9.17) is 0 Å². The molecule has 0 heterocycles. The summed E-state index contributed by atoms with van der Waals surface area (Å²) in [6.07, 6.45) is 1.69. The SMILES string of the molecule is CCC(C)NC(=O)C(NC(=O)c1ccccc1)C(C)CC. The van der Waals surface area contributed by atoms with E-state index < -0.39 is 6.04 Å². The molecule has 3 unspecified atom stereocenters. The van der Waals surface area contributed by atoms with Crippen LogP contribution in [-0.4, -0.2) is 23.9 Å². The van der Waals surface area contributed by atoms with Crippen molar-refractivity contribution < 1.29 is 9.59 Å². The third-order valence-electron chi connectivity index (χ3n) is 3.82. The summed E-state index contributed by atoms with van der Waals surface area (Å²) in [7, 11) is 0. The highest BCUT2D eigenvalue weighted by Crippen LogP contribution is 2.10. The highest BCUT2D eigenvalue weighted by molar-refractivity contribution is 5.97. The van der Waals surface area contributed by atoms with E-state index in [1.807, 2.05) is 45.9 Å². The van der Waals surface area contributed by atoms with Crippen LogP contribution in [0, 0.1) is 5.92 Å². The highest BCUT2D eigenvalue weighted by atomic mass is 16.2. The van der Waals surface area contributed by atoms with Crippen LogP contribution in [0.3, 0.4) is 0 Å². The molecule has 0 radical (unpaired) electrons. The maximum Gasteiger partial charge on any atom is 0.251 e. The fourth-order valence-electron chi connectivity index (χ4n) is 1.95. The van der Waals surface area contributed by atoms with Gasteiger partial charge in [0.2, 0.25) is 5.91 Å². The van der Waals surface area contributed by atoms with Crippen molar-refractivity contribution in [1.29, 1.82) is 0 Å². The van der Waals surface area contributed by atoms with Gasteiger partial charge in [-0.05, 0) is 31.4 Å². The Morgan fingerprint density at radius 3 is 2.14 bits per heavy atom. The van der Waals surface area contributed by atoms with Crippen molar-refractivity contribution in [3.8, 4) is 0 Å². The Hall–Kier alpha value is -1.84. The van der Waals surface area contributed by atoms with E-state index in [0.717, 1.165) is 12.8 Å². The molecule has 0 aliphatic carbocycles. The predicted octanol–water partition coefficient (Wildman–Crippen LogP) is 2.75. The number of amides is 2. The van der Waals surface area contributed by atoms with Crippen molar-refractivity contribution in [1.82, 2.24) is 10.6 Å². The molecule has 21 heavy (non-hydrogen) atoms. The zero-order valence-electron chi connectivity index (χ0n) is 13.3. The van der Waals surface area contributed by atoms with Crippen molar-refractivity contribution >= 4 is 11.8 Å². The highest BCUT2D eigenvalue weighted by Gasteiger charge is 2.26. The summed E-state index contributed by atoms with van der Waals surface area (Å²) in [5.74, 6) is -0.232.